The second kappa shape index (κ2) is 5.73. The first-order chi connectivity index (χ1) is 9.01. The number of anilines is 1. The van der Waals surface area contributed by atoms with Crippen molar-refractivity contribution in [3.05, 3.63) is 22.8 Å². The number of amides is 1. The maximum absolute atomic E-state index is 12.3. The monoisotopic (exact) mass is 284 g/mol. The largest absolute Gasteiger partial charge is 0.391 e. The van der Waals surface area contributed by atoms with Gasteiger partial charge in [0.1, 0.15) is 11.0 Å². The number of halogens is 1. The smallest absolute Gasteiger partial charge is 0.254 e. The van der Waals surface area contributed by atoms with Crippen LogP contribution < -0.4 is 11.3 Å². The van der Waals surface area contributed by atoms with E-state index in [-0.39, 0.29) is 17.0 Å². The molecule has 7 heteroatoms. The van der Waals surface area contributed by atoms with Gasteiger partial charge >= 0.3 is 0 Å². The Balaban J connectivity index is 2.17. The van der Waals surface area contributed by atoms with Gasteiger partial charge in [0.25, 0.3) is 5.91 Å². The van der Waals surface area contributed by atoms with Crippen molar-refractivity contribution in [2.45, 2.75) is 19.4 Å². The summed E-state index contributed by atoms with van der Waals surface area (Å²) in [6.45, 7) is 2.94. The summed E-state index contributed by atoms with van der Waals surface area (Å²) in [5.41, 5.74) is 2.78. The van der Waals surface area contributed by atoms with Crippen LogP contribution in [0.5, 0.6) is 0 Å². The highest BCUT2D eigenvalue weighted by Gasteiger charge is 2.28. The molecule has 1 aliphatic heterocycles. The molecule has 6 nitrogen and oxygen atoms in total. The molecule has 0 bridgehead atoms. The number of piperidine rings is 1. The zero-order valence-corrected chi connectivity index (χ0v) is 11.4. The van der Waals surface area contributed by atoms with Gasteiger partial charge in [-0.05, 0) is 24.5 Å². The van der Waals surface area contributed by atoms with Gasteiger partial charge in [0.15, 0.2) is 0 Å². The number of nitrogens with two attached hydrogens (primary N) is 1. The topological polar surface area (TPSA) is 91.5 Å². The van der Waals surface area contributed by atoms with Crippen molar-refractivity contribution in [2.24, 2.45) is 11.8 Å². The third kappa shape index (κ3) is 3.15. The predicted octanol–water partition coefficient (Wildman–Crippen LogP) is 0.864. The first-order valence-corrected chi connectivity index (χ1v) is 6.50. The number of β-amino-alcohol motifs (C(OH)–C–C–N with tert-alkyl or cyclic N) is 1. The van der Waals surface area contributed by atoms with E-state index < -0.39 is 6.10 Å². The molecule has 2 rings (SSSR count). The number of pyridine rings is 1. The molecule has 0 aliphatic carbocycles. The number of carbonyl (C=O) groups excluding carboxylic acids is 1. The predicted molar refractivity (Wildman–Crippen MR) is 72.7 cm³/mol. The minimum atomic E-state index is -0.484. The van der Waals surface area contributed by atoms with Crippen molar-refractivity contribution >= 4 is 23.3 Å². The summed E-state index contributed by atoms with van der Waals surface area (Å²) in [5.74, 6) is 5.65. The van der Waals surface area contributed by atoms with Crippen LogP contribution in [0.3, 0.4) is 0 Å². The lowest BCUT2D eigenvalue weighted by Crippen LogP contribution is -2.45. The molecular weight excluding hydrogens is 268 g/mol. The molecular formula is C12H17ClN4O2. The minimum absolute atomic E-state index is 0.174. The Labute approximate surface area is 116 Å². The molecule has 1 fully saturated rings. The fourth-order valence-electron chi connectivity index (χ4n) is 2.11. The van der Waals surface area contributed by atoms with Gasteiger partial charge in [-0.15, -0.1) is 0 Å². The molecule has 1 aromatic heterocycles. The van der Waals surface area contributed by atoms with E-state index in [0.29, 0.717) is 24.5 Å². The first kappa shape index (κ1) is 14.0. The van der Waals surface area contributed by atoms with E-state index in [1.54, 1.807) is 11.0 Å². The van der Waals surface area contributed by atoms with Crippen molar-refractivity contribution < 1.29 is 9.90 Å². The number of nitrogen functional groups attached to an aromatic ring is 1. The average molecular weight is 285 g/mol. The Morgan fingerprint density at radius 2 is 2.37 bits per heavy atom. The number of rotatable bonds is 2. The van der Waals surface area contributed by atoms with Crippen LogP contribution in [0.2, 0.25) is 5.15 Å². The molecule has 4 N–H and O–H groups in total. The number of hydrogen-bond acceptors (Lipinski definition) is 5. The highest BCUT2D eigenvalue weighted by atomic mass is 35.5. The van der Waals surface area contributed by atoms with Gasteiger partial charge < -0.3 is 15.4 Å². The van der Waals surface area contributed by atoms with E-state index in [4.69, 9.17) is 17.4 Å². The Bertz CT molecular complexity index is 483. The average Bonchev–Trinajstić information content (AvgIpc) is 2.40. The van der Waals surface area contributed by atoms with Crippen LogP contribution in [0.1, 0.15) is 23.7 Å². The highest BCUT2D eigenvalue weighted by molar-refractivity contribution is 6.29. The first-order valence-electron chi connectivity index (χ1n) is 6.13. The molecule has 2 atom stereocenters. The Morgan fingerprint density at radius 3 is 3.00 bits per heavy atom. The van der Waals surface area contributed by atoms with Crippen molar-refractivity contribution in [3.63, 3.8) is 0 Å². The summed E-state index contributed by atoms with van der Waals surface area (Å²) >= 11 is 5.84. The number of aliphatic hydroxyl groups is 1. The molecule has 0 aromatic carbocycles. The molecule has 2 unspecified atom stereocenters. The number of nitrogens with zero attached hydrogens (tertiary/aromatic N) is 2. The van der Waals surface area contributed by atoms with Gasteiger partial charge in [-0.25, -0.2) is 10.8 Å². The fraction of sp³-hybridized carbons (Fsp3) is 0.500. The van der Waals surface area contributed by atoms with Crippen LogP contribution in [0.4, 0.5) is 5.82 Å². The maximum atomic E-state index is 12.3. The number of carbonyl (C=O) groups is 1. The van der Waals surface area contributed by atoms with Gasteiger partial charge in [0, 0.05) is 18.7 Å². The lowest BCUT2D eigenvalue weighted by molar-refractivity contribution is 0.0248. The number of likely N-dealkylation sites (tertiary alicyclic amines) is 1. The Kier molecular flexibility index (Phi) is 4.24. The Hall–Kier alpha value is -1.37. The van der Waals surface area contributed by atoms with Crippen LogP contribution in [-0.2, 0) is 0 Å². The zero-order valence-electron chi connectivity index (χ0n) is 10.6. The number of aromatic nitrogens is 1. The highest BCUT2D eigenvalue weighted by Crippen LogP contribution is 2.21. The van der Waals surface area contributed by atoms with Crippen LogP contribution in [0.15, 0.2) is 12.1 Å². The van der Waals surface area contributed by atoms with Gasteiger partial charge in [-0.2, -0.15) is 0 Å². The number of nitrogens with one attached hydrogen (secondary N) is 1. The molecule has 0 radical (unpaired) electrons. The van der Waals surface area contributed by atoms with Crippen LogP contribution in [0.25, 0.3) is 0 Å². The molecule has 1 aromatic rings. The van der Waals surface area contributed by atoms with Crippen molar-refractivity contribution in [2.75, 3.05) is 18.5 Å². The molecule has 1 saturated heterocycles. The van der Waals surface area contributed by atoms with E-state index in [9.17, 15) is 9.90 Å². The van der Waals surface area contributed by atoms with Gasteiger partial charge in [0.2, 0.25) is 0 Å². The standard InChI is InChI=1S/C12H17ClN4O2/c1-7-2-3-17(6-9(7)18)12(19)8-4-10(13)15-11(5-8)16-14/h4-5,7,9,18H,2-3,6,14H2,1H3,(H,15,16). The fourth-order valence-corrected chi connectivity index (χ4v) is 2.32. The van der Waals surface area contributed by atoms with Gasteiger partial charge in [-0.3, -0.25) is 4.79 Å². The summed E-state index contributed by atoms with van der Waals surface area (Å²) in [5, 5.41) is 10.0. The third-order valence-corrected chi connectivity index (χ3v) is 3.59. The zero-order chi connectivity index (χ0) is 14.0. The van der Waals surface area contributed by atoms with E-state index in [2.05, 4.69) is 10.4 Å². The van der Waals surface area contributed by atoms with E-state index >= 15 is 0 Å². The van der Waals surface area contributed by atoms with Crippen LogP contribution >= 0.6 is 11.6 Å². The minimum Gasteiger partial charge on any atom is -0.391 e. The lowest BCUT2D eigenvalue weighted by Gasteiger charge is -2.34. The van der Waals surface area contributed by atoms with E-state index in [1.807, 2.05) is 6.92 Å². The molecule has 1 aliphatic rings. The molecule has 0 saturated carbocycles. The molecule has 104 valence electrons. The molecule has 2 heterocycles. The normalized spacial score (nSPS) is 23.3. The summed E-state index contributed by atoms with van der Waals surface area (Å²) < 4.78 is 0. The van der Waals surface area contributed by atoms with Crippen LogP contribution in [-0.4, -0.2) is 40.1 Å². The van der Waals surface area contributed by atoms with Crippen molar-refractivity contribution in [1.29, 1.82) is 0 Å². The van der Waals surface area contributed by atoms with E-state index in [0.717, 1.165) is 6.42 Å². The number of aliphatic hydroxyl groups excluding tert-OH is 1. The maximum Gasteiger partial charge on any atom is 0.254 e. The van der Waals surface area contributed by atoms with Crippen LogP contribution in [0, 0.1) is 5.92 Å². The number of hydrazine groups is 1. The summed E-state index contributed by atoms with van der Waals surface area (Å²) in [4.78, 5) is 17.9. The summed E-state index contributed by atoms with van der Waals surface area (Å²) in [7, 11) is 0. The molecule has 0 spiro atoms. The quantitative estimate of drug-likeness (QED) is 0.426. The second-order valence-corrected chi connectivity index (χ2v) is 5.18. The van der Waals surface area contributed by atoms with Gasteiger partial charge in [0.05, 0.1) is 6.10 Å². The third-order valence-electron chi connectivity index (χ3n) is 3.39. The second-order valence-electron chi connectivity index (χ2n) is 4.79. The molecule has 19 heavy (non-hydrogen) atoms. The summed E-state index contributed by atoms with van der Waals surface area (Å²) in [6.07, 6.45) is 0.301. The van der Waals surface area contributed by atoms with E-state index in [1.165, 1.54) is 6.07 Å². The summed E-state index contributed by atoms with van der Waals surface area (Å²) in [6, 6.07) is 3.04. The van der Waals surface area contributed by atoms with Gasteiger partial charge in [-0.1, -0.05) is 18.5 Å². The Morgan fingerprint density at radius 1 is 1.63 bits per heavy atom. The molecule has 1 amide bonds. The van der Waals surface area contributed by atoms with Crippen molar-refractivity contribution in [1.82, 2.24) is 9.88 Å². The SMILES string of the molecule is CC1CCN(C(=O)c2cc(Cl)nc(NN)c2)CC1O. The lowest BCUT2D eigenvalue weighted by atomic mass is 9.95. The van der Waals surface area contributed by atoms with Crippen molar-refractivity contribution in [3.8, 4) is 0 Å². The number of hydrogen-bond donors (Lipinski definition) is 3.